The molecule has 0 atom stereocenters. The van der Waals surface area contributed by atoms with E-state index < -0.39 is 11.7 Å². The molecule has 0 heterocycles. The average molecular weight is 393 g/mol. The number of carbonyl (C=O) groups excluding carboxylic acids is 2. The summed E-state index contributed by atoms with van der Waals surface area (Å²) in [5.41, 5.74) is 1.62. The quantitative estimate of drug-likeness (QED) is 0.582. The van der Waals surface area contributed by atoms with Gasteiger partial charge in [0.15, 0.2) is 17.3 Å². The van der Waals surface area contributed by atoms with E-state index in [0.29, 0.717) is 11.5 Å². The van der Waals surface area contributed by atoms with Crippen LogP contribution in [-0.2, 0) is 6.61 Å². The van der Waals surface area contributed by atoms with Crippen LogP contribution < -0.4 is 14.8 Å². The van der Waals surface area contributed by atoms with Crippen LogP contribution in [0.3, 0.4) is 0 Å². The van der Waals surface area contributed by atoms with Gasteiger partial charge in [0.25, 0.3) is 5.91 Å². The van der Waals surface area contributed by atoms with Crippen LogP contribution in [0.2, 0.25) is 0 Å². The first-order chi connectivity index (χ1) is 14.0. The predicted molar refractivity (Wildman–Crippen MR) is 108 cm³/mol. The van der Waals surface area contributed by atoms with Crippen LogP contribution in [0.4, 0.5) is 10.1 Å². The molecule has 3 rings (SSSR count). The third kappa shape index (κ3) is 4.99. The van der Waals surface area contributed by atoms with Crippen molar-refractivity contribution in [1.29, 1.82) is 0 Å². The largest absolute Gasteiger partial charge is 0.493 e. The fraction of sp³-hybridized carbons (Fsp3) is 0.130. The lowest BCUT2D eigenvalue weighted by atomic mass is 10.1. The van der Waals surface area contributed by atoms with Crippen molar-refractivity contribution in [1.82, 2.24) is 0 Å². The van der Waals surface area contributed by atoms with E-state index >= 15 is 0 Å². The number of amides is 1. The Labute approximate surface area is 168 Å². The SMILES string of the molecule is COc1cc(C(C)=O)c(NC(=O)c2cccc(F)c2)cc1OCc1ccccc1. The Morgan fingerprint density at radius 1 is 0.966 bits per heavy atom. The zero-order chi connectivity index (χ0) is 20.8. The number of methoxy groups -OCH3 is 1. The van der Waals surface area contributed by atoms with Gasteiger partial charge in [0.2, 0.25) is 0 Å². The van der Waals surface area contributed by atoms with E-state index in [2.05, 4.69) is 5.32 Å². The van der Waals surface area contributed by atoms with Crippen LogP contribution >= 0.6 is 0 Å². The van der Waals surface area contributed by atoms with E-state index in [1.54, 1.807) is 0 Å². The highest BCUT2D eigenvalue weighted by molar-refractivity contribution is 6.09. The second kappa shape index (κ2) is 9.01. The Bertz CT molecular complexity index is 1030. The van der Waals surface area contributed by atoms with Crippen LogP contribution in [0.15, 0.2) is 66.7 Å². The lowest BCUT2D eigenvalue weighted by Gasteiger charge is -2.16. The molecular weight excluding hydrogens is 373 g/mol. The number of anilines is 1. The molecule has 0 spiro atoms. The highest BCUT2D eigenvalue weighted by atomic mass is 19.1. The summed E-state index contributed by atoms with van der Waals surface area (Å²) in [5, 5.41) is 2.66. The first kappa shape index (κ1) is 20.1. The fourth-order valence-electron chi connectivity index (χ4n) is 2.79. The number of rotatable bonds is 7. The van der Waals surface area contributed by atoms with Gasteiger partial charge in [-0.2, -0.15) is 0 Å². The molecule has 0 aliphatic rings. The number of benzene rings is 3. The van der Waals surface area contributed by atoms with Crippen molar-refractivity contribution in [2.75, 3.05) is 12.4 Å². The summed E-state index contributed by atoms with van der Waals surface area (Å²) < 4.78 is 24.6. The Balaban J connectivity index is 1.91. The molecule has 0 saturated heterocycles. The minimum Gasteiger partial charge on any atom is -0.493 e. The smallest absolute Gasteiger partial charge is 0.255 e. The summed E-state index contributed by atoms with van der Waals surface area (Å²) in [4.78, 5) is 24.6. The Kier molecular flexibility index (Phi) is 6.24. The number of Topliss-reactive ketones (excluding diaryl/α,β-unsaturated/α-hetero) is 1. The minimum atomic E-state index is -0.536. The van der Waals surface area contributed by atoms with Crippen LogP contribution in [0.1, 0.15) is 33.2 Å². The van der Waals surface area contributed by atoms with Gasteiger partial charge in [-0.1, -0.05) is 36.4 Å². The molecule has 5 nitrogen and oxygen atoms in total. The summed E-state index contributed by atoms with van der Waals surface area (Å²) >= 11 is 0. The van der Waals surface area contributed by atoms with Crippen molar-refractivity contribution in [2.24, 2.45) is 0 Å². The molecule has 3 aromatic rings. The van der Waals surface area contributed by atoms with Gasteiger partial charge in [0.05, 0.1) is 12.8 Å². The molecule has 0 radical (unpaired) electrons. The van der Waals surface area contributed by atoms with Gasteiger partial charge >= 0.3 is 0 Å². The van der Waals surface area contributed by atoms with Gasteiger partial charge < -0.3 is 14.8 Å². The van der Waals surface area contributed by atoms with Crippen molar-refractivity contribution in [3.63, 3.8) is 0 Å². The molecule has 0 unspecified atom stereocenters. The Morgan fingerprint density at radius 3 is 2.38 bits per heavy atom. The molecule has 0 aromatic heterocycles. The average Bonchev–Trinajstić information content (AvgIpc) is 2.72. The van der Waals surface area contributed by atoms with Crippen molar-refractivity contribution in [3.05, 3.63) is 89.2 Å². The van der Waals surface area contributed by atoms with Gasteiger partial charge in [0.1, 0.15) is 12.4 Å². The monoisotopic (exact) mass is 393 g/mol. The standard InChI is InChI=1S/C23H20FNO4/c1-15(26)19-12-21(28-2)22(29-14-16-7-4-3-5-8-16)13-20(19)25-23(27)17-9-6-10-18(24)11-17/h3-13H,14H2,1-2H3,(H,25,27). The predicted octanol–water partition coefficient (Wildman–Crippen LogP) is 4.87. The first-order valence-electron chi connectivity index (χ1n) is 8.94. The lowest BCUT2D eigenvalue weighted by molar-refractivity contribution is 0.101. The number of nitrogens with one attached hydrogen (secondary N) is 1. The minimum absolute atomic E-state index is 0.141. The summed E-state index contributed by atoms with van der Waals surface area (Å²) in [7, 11) is 1.47. The van der Waals surface area contributed by atoms with Gasteiger partial charge in [-0.05, 0) is 36.8 Å². The van der Waals surface area contributed by atoms with Crippen LogP contribution in [0, 0.1) is 5.82 Å². The number of hydrogen-bond donors (Lipinski definition) is 1. The highest BCUT2D eigenvalue weighted by Gasteiger charge is 2.17. The molecule has 6 heteroatoms. The maximum absolute atomic E-state index is 13.4. The van der Waals surface area contributed by atoms with E-state index in [4.69, 9.17) is 9.47 Å². The Hall–Kier alpha value is -3.67. The second-order valence-corrected chi connectivity index (χ2v) is 6.34. The van der Waals surface area contributed by atoms with E-state index in [-0.39, 0.29) is 29.2 Å². The molecule has 0 aliphatic heterocycles. The molecule has 0 aliphatic carbocycles. The Morgan fingerprint density at radius 2 is 1.72 bits per heavy atom. The van der Waals surface area contributed by atoms with Crippen molar-refractivity contribution in [2.45, 2.75) is 13.5 Å². The summed E-state index contributed by atoms with van der Waals surface area (Å²) in [6.45, 7) is 1.67. The van der Waals surface area contributed by atoms with E-state index in [1.165, 1.54) is 44.4 Å². The van der Waals surface area contributed by atoms with Crippen LogP contribution in [0.5, 0.6) is 11.5 Å². The number of carbonyl (C=O) groups is 2. The molecule has 0 saturated carbocycles. The van der Waals surface area contributed by atoms with Crippen molar-refractivity contribution < 1.29 is 23.5 Å². The normalized spacial score (nSPS) is 10.3. The van der Waals surface area contributed by atoms with Gasteiger partial charge in [0, 0.05) is 17.2 Å². The van der Waals surface area contributed by atoms with Crippen LogP contribution in [0.25, 0.3) is 0 Å². The number of halogens is 1. The lowest BCUT2D eigenvalue weighted by Crippen LogP contribution is -2.15. The van der Waals surface area contributed by atoms with Gasteiger partial charge in [-0.3, -0.25) is 9.59 Å². The summed E-state index contributed by atoms with van der Waals surface area (Å²) in [6, 6.07) is 17.9. The zero-order valence-corrected chi connectivity index (χ0v) is 16.1. The first-order valence-corrected chi connectivity index (χ1v) is 8.94. The highest BCUT2D eigenvalue weighted by Crippen LogP contribution is 2.34. The molecule has 148 valence electrons. The maximum atomic E-state index is 13.4. The van der Waals surface area contributed by atoms with Gasteiger partial charge in [-0.25, -0.2) is 4.39 Å². The third-order valence-electron chi connectivity index (χ3n) is 4.26. The topological polar surface area (TPSA) is 64.6 Å². The third-order valence-corrected chi connectivity index (χ3v) is 4.26. The number of hydrogen-bond acceptors (Lipinski definition) is 4. The van der Waals surface area contributed by atoms with Crippen molar-refractivity contribution in [3.8, 4) is 11.5 Å². The second-order valence-electron chi connectivity index (χ2n) is 6.34. The molecule has 3 aromatic carbocycles. The molecule has 0 fully saturated rings. The molecule has 1 N–H and O–H groups in total. The molecule has 29 heavy (non-hydrogen) atoms. The summed E-state index contributed by atoms with van der Waals surface area (Å²) in [6.07, 6.45) is 0. The van der Waals surface area contributed by atoms with E-state index in [9.17, 15) is 14.0 Å². The number of ether oxygens (including phenoxy) is 2. The summed E-state index contributed by atoms with van der Waals surface area (Å²) in [5.74, 6) is -0.574. The zero-order valence-electron chi connectivity index (χ0n) is 16.1. The van der Waals surface area contributed by atoms with Crippen LogP contribution in [-0.4, -0.2) is 18.8 Å². The molecule has 1 amide bonds. The van der Waals surface area contributed by atoms with Crippen molar-refractivity contribution >= 4 is 17.4 Å². The van der Waals surface area contributed by atoms with E-state index in [0.717, 1.165) is 11.6 Å². The number of ketones is 1. The molecular formula is C23H20FNO4. The van der Waals surface area contributed by atoms with E-state index in [1.807, 2.05) is 30.3 Å². The van der Waals surface area contributed by atoms with Gasteiger partial charge in [-0.15, -0.1) is 0 Å². The fourth-order valence-corrected chi connectivity index (χ4v) is 2.79. The maximum Gasteiger partial charge on any atom is 0.255 e. The molecule has 0 bridgehead atoms.